The van der Waals surface area contributed by atoms with Gasteiger partial charge >= 0.3 is 5.97 Å². The van der Waals surface area contributed by atoms with Crippen molar-refractivity contribution < 1.29 is 28.7 Å². The zero-order valence-corrected chi connectivity index (χ0v) is 22.4. The number of fused-ring (bicyclic) bond motifs is 1. The van der Waals surface area contributed by atoms with Gasteiger partial charge in [-0.15, -0.1) is 11.3 Å². The molecule has 0 fully saturated rings. The Morgan fingerprint density at radius 3 is 2.08 bits per heavy atom. The number of hydrogen-bond donors (Lipinski definition) is 0. The van der Waals surface area contributed by atoms with Crippen LogP contribution in [0.5, 0.6) is 11.5 Å². The number of anilines is 1. The van der Waals surface area contributed by atoms with Crippen LogP contribution < -0.4 is 9.64 Å². The van der Waals surface area contributed by atoms with Gasteiger partial charge in [-0.3, -0.25) is 14.4 Å². The summed E-state index contributed by atoms with van der Waals surface area (Å²) >= 11 is 1.26. The zero-order valence-electron chi connectivity index (χ0n) is 21.6. The van der Waals surface area contributed by atoms with Gasteiger partial charge in [0, 0.05) is 0 Å². The van der Waals surface area contributed by atoms with Gasteiger partial charge in [0.15, 0.2) is 6.61 Å². The second-order valence-corrected chi connectivity index (χ2v) is 11.0. The van der Waals surface area contributed by atoms with Crippen LogP contribution in [0.2, 0.25) is 0 Å². The molecule has 0 bridgehead atoms. The molecule has 196 valence electrons. The van der Waals surface area contributed by atoms with Crippen LogP contribution in [0.15, 0.2) is 84.2 Å². The average Bonchev–Trinajstić information content (AvgIpc) is 3.55. The summed E-state index contributed by atoms with van der Waals surface area (Å²) in [5.74, 6) is -0.876. The number of amides is 2. The SMILES string of the molecule is CC(C)(C)c1ccc(Oc2ccc(N3C(=O)c4ccc(C(=O)OCC(=O)c5cccs5)cc4C3=O)cc2)cc1. The third-order valence-corrected chi connectivity index (χ3v) is 7.21. The molecule has 1 aromatic heterocycles. The second kappa shape index (κ2) is 10.3. The first-order chi connectivity index (χ1) is 18.6. The fourth-order valence-electron chi connectivity index (χ4n) is 4.15. The van der Waals surface area contributed by atoms with Gasteiger partial charge in [0.05, 0.1) is 27.3 Å². The van der Waals surface area contributed by atoms with Crippen molar-refractivity contribution in [3.05, 3.63) is 111 Å². The summed E-state index contributed by atoms with van der Waals surface area (Å²) in [5, 5.41) is 1.76. The van der Waals surface area contributed by atoms with Crippen molar-refractivity contribution in [1.29, 1.82) is 0 Å². The van der Waals surface area contributed by atoms with Gasteiger partial charge in [-0.05, 0) is 77.0 Å². The lowest BCUT2D eigenvalue weighted by atomic mass is 9.87. The highest BCUT2D eigenvalue weighted by Crippen LogP contribution is 2.32. The van der Waals surface area contributed by atoms with Gasteiger partial charge < -0.3 is 9.47 Å². The second-order valence-electron chi connectivity index (χ2n) is 10.1. The number of Topliss-reactive ketones (excluding diaryl/α,β-unsaturated/α-hetero) is 1. The molecule has 0 spiro atoms. The molecular weight excluding hydrogens is 514 g/mol. The normalized spacial score (nSPS) is 12.8. The predicted molar refractivity (Wildman–Crippen MR) is 148 cm³/mol. The van der Waals surface area contributed by atoms with E-state index in [2.05, 4.69) is 20.8 Å². The molecule has 0 aliphatic carbocycles. The summed E-state index contributed by atoms with van der Waals surface area (Å²) in [4.78, 5) is 52.4. The van der Waals surface area contributed by atoms with Crippen LogP contribution in [0, 0.1) is 0 Å². The average molecular weight is 540 g/mol. The molecule has 0 atom stereocenters. The number of hydrogen-bond acceptors (Lipinski definition) is 7. The Kier molecular flexibility index (Phi) is 6.89. The minimum atomic E-state index is -0.751. The Hall–Kier alpha value is -4.56. The fourth-order valence-corrected chi connectivity index (χ4v) is 4.80. The topological polar surface area (TPSA) is 90.0 Å². The van der Waals surface area contributed by atoms with E-state index >= 15 is 0 Å². The predicted octanol–water partition coefficient (Wildman–Crippen LogP) is 6.68. The van der Waals surface area contributed by atoms with Gasteiger partial charge in [0.2, 0.25) is 5.78 Å². The van der Waals surface area contributed by atoms with Crippen molar-refractivity contribution in [2.75, 3.05) is 11.5 Å². The Bertz CT molecular complexity index is 1570. The van der Waals surface area contributed by atoms with Gasteiger partial charge in [-0.25, -0.2) is 9.69 Å². The smallest absolute Gasteiger partial charge is 0.338 e. The van der Waals surface area contributed by atoms with E-state index in [-0.39, 0.29) is 27.9 Å². The maximum absolute atomic E-state index is 13.2. The quantitative estimate of drug-likeness (QED) is 0.148. The number of ether oxygens (including phenoxy) is 2. The molecule has 0 N–H and O–H groups in total. The number of nitrogens with zero attached hydrogens (tertiary/aromatic N) is 1. The Morgan fingerprint density at radius 2 is 1.46 bits per heavy atom. The van der Waals surface area contributed by atoms with Crippen molar-refractivity contribution in [2.24, 2.45) is 0 Å². The molecule has 2 amide bonds. The number of imide groups is 1. The summed E-state index contributed by atoms with van der Waals surface area (Å²) in [7, 11) is 0. The largest absolute Gasteiger partial charge is 0.457 e. The van der Waals surface area contributed by atoms with Crippen molar-refractivity contribution in [3.63, 3.8) is 0 Å². The molecule has 39 heavy (non-hydrogen) atoms. The lowest BCUT2D eigenvalue weighted by Crippen LogP contribution is -2.29. The van der Waals surface area contributed by atoms with E-state index in [9.17, 15) is 19.2 Å². The van der Waals surface area contributed by atoms with Crippen LogP contribution in [0.4, 0.5) is 5.69 Å². The van der Waals surface area contributed by atoms with E-state index < -0.39 is 24.4 Å². The van der Waals surface area contributed by atoms with Crippen LogP contribution in [0.3, 0.4) is 0 Å². The van der Waals surface area contributed by atoms with Crippen molar-refractivity contribution in [2.45, 2.75) is 26.2 Å². The summed E-state index contributed by atoms with van der Waals surface area (Å²) < 4.78 is 11.0. The summed E-state index contributed by atoms with van der Waals surface area (Å²) in [6.45, 7) is 6.01. The number of carbonyl (C=O) groups excluding carboxylic acids is 4. The third kappa shape index (κ3) is 5.37. The number of benzene rings is 3. The zero-order chi connectivity index (χ0) is 27.7. The molecule has 0 unspecified atom stereocenters. The summed E-state index contributed by atoms with van der Waals surface area (Å²) in [6, 6.07) is 22.0. The van der Waals surface area contributed by atoms with Gasteiger partial charge in [-0.1, -0.05) is 39.0 Å². The first-order valence-corrected chi connectivity index (χ1v) is 13.1. The van der Waals surface area contributed by atoms with Gasteiger partial charge in [0.1, 0.15) is 11.5 Å². The van der Waals surface area contributed by atoms with E-state index in [1.54, 1.807) is 41.8 Å². The van der Waals surface area contributed by atoms with E-state index in [1.807, 2.05) is 24.3 Å². The monoisotopic (exact) mass is 539 g/mol. The van der Waals surface area contributed by atoms with Crippen molar-refractivity contribution in [3.8, 4) is 11.5 Å². The molecule has 4 aromatic rings. The van der Waals surface area contributed by atoms with E-state index in [4.69, 9.17) is 9.47 Å². The highest BCUT2D eigenvalue weighted by molar-refractivity contribution is 7.12. The lowest BCUT2D eigenvalue weighted by molar-refractivity contribution is 0.0475. The molecule has 1 aliphatic heterocycles. The molecule has 0 radical (unpaired) electrons. The van der Waals surface area contributed by atoms with Gasteiger partial charge in [-0.2, -0.15) is 0 Å². The summed E-state index contributed by atoms with van der Waals surface area (Å²) in [5.41, 5.74) is 1.97. The van der Waals surface area contributed by atoms with Crippen molar-refractivity contribution >= 4 is 40.6 Å². The third-order valence-electron chi connectivity index (χ3n) is 6.30. The van der Waals surface area contributed by atoms with Crippen molar-refractivity contribution in [1.82, 2.24) is 0 Å². The first-order valence-electron chi connectivity index (χ1n) is 12.3. The molecule has 0 saturated heterocycles. The molecule has 5 rings (SSSR count). The number of thiophene rings is 1. The number of rotatable bonds is 7. The Morgan fingerprint density at radius 1 is 0.821 bits per heavy atom. The van der Waals surface area contributed by atoms with E-state index in [0.29, 0.717) is 22.1 Å². The molecular formula is C31H25NO6S. The molecule has 0 saturated carbocycles. The number of esters is 1. The maximum atomic E-state index is 13.2. The van der Waals surface area contributed by atoms with E-state index in [1.165, 1.54) is 35.1 Å². The minimum absolute atomic E-state index is 0.0385. The van der Waals surface area contributed by atoms with Crippen LogP contribution >= 0.6 is 11.3 Å². The molecule has 7 nitrogen and oxygen atoms in total. The van der Waals surface area contributed by atoms with Crippen LogP contribution in [-0.4, -0.2) is 30.2 Å². The van der Waals surface area contributed by atoms with Crippen LogP contribution in [-0.2, 0) is 10.2 Å². The highest BCUT2D eigenvalue weighted by Gasteiger charge is 2.37. The maximum Gasteiger partial charge on any atom is 0.338 e. The van der Waals surface area contributed by atoms with Crippen LogP contribution in [0.1, 0.15) is 67.1 Å². The first kappa shape index (κ1) is 26.1. The number of ketones is 1. The minimum Gasteiger partial charge on any atom is -0.457 e. The van der Waals surface area contributed by atoms with E-state index in [0.717, 1.165) is 4.90 Å². The number of carbonyl (C=O) groups is 4. The Balaban J connectivity index is 1.27. The molecule has 3 aromatic carbocycles. The molecule has 1 aliphatic rings. The fraction of sp³-hybridized carbons (Fsp3) is 0.161. The highest BCUT2D eigenvalue weighted by atomic mass is 32.1. The lowest BCUT2D eigenvalue weighted by Gasteiger charge is -2.19. The van der Waals surface area contributed by atoms with Gasteiger partial charge in [0.25, 0.3) is 11.8 Å². The molecule has 8 heteroatoms. The Labute approximate surface area is 229 Å². The summed E-state index contributed by atoms with van der Waals surface area (Å²) in [6.07, 6.45) is 0. The standard InChI is InChI=1S/C31H25NO6S/c1-31(2,3)20-7-11-22(12-8-20)38-23-13-9-21(10-14-23)32-28(34)24-15-6-19(17-25(24)29(32)35)30(36)37-18-26(33)27-5-4-16-39-27/h4-17H,18H2,1-3H3. The van der Waals surface area contributed by atoms with Crippen LogP contribution in [0.25, 0.3) is 0 Å². The molecule has 2 heterocycles.